The summed E-state index contributed by atoms with van der Waals surface area (Å²) in [5, 5.41) is 10.2. The summed E-state index contributed by atoms with van der Waals surface area (Å²) in [6.45, 7) is 4.24. The molecule has 0 atom stereocenters. The highest BCUT2D eigenvalue weighted by Crippen LogP contribution is 2.25. The minimum absolute atomic E-state index is 0.460. The summed E-state index contributed by atoms with van der Waals surface area (Å²) in [4.78, 5) is 8.58. The first-order chi connectivity index (χ1) is 10.7. The number of aromatic amines is 1. The zero-order valence-electron chi connectivity index (χ0n) is 12.5. The lowest BCUT2D eigenvalue weighted by molar-refractivity contribution is 0.305. The Hall–Kier alpha value is -2.89. The van der Waals surface area contributed by atoms with Crippen LogP contribution in [-0.2, 0) is 6.61 Å². The van der Waals surface area contributed by atoms with Crippen molar-refractivity contribution < 1.29 is 4.74 Å². The van der Waals surface area contributed by atoms with Gasteiger partial charge in [-0.15, -0.1) is 0 Å². The highest BCUT2D eigenvalue weighted by Gasteiger charge is 2.09. The SMILES string of the molecule is Cc1ncc(OCc2ccccc2)c(Nc2cc(C)[nH]n2)n1. The van der Waals surface area contributed by atoms with E-state index in [1.165, 1.54) is 0 Å². The van der Waals surface area contributed by atoms with Crippen molar-refractivity contribution in [3.05, 3.63) is 59.7 Å². The van der Waals surface area contributed by atoms with Gasteiger partial charge in [0.15, 0.2) is 17.4 Å². The molecule has 0 aliphatic carbocycles. The van der Waals surface area contributed by atoms with Gasteiger partial charge in [-0.05, 0) is 19.4 Å². The Kier molecular flexibility index (Phi) is 4.00. The second-order valence-corrected chi connectivity index (χ2v) is 4.97. The van der Waals surface area contributed by atoms with Gasteiger partial charge in [0.2, 0.25) is 0 Å². The smallest absolute Gasteiger partial charge is 0.180 e. The third kappa shape index (κ3) is 3.41. The molecule has 0 saturated carbocycles. The average molecular weight is 295 g/mol. The number of nitrogens with one attached hydrogen (secondary N) is 2. The number of aromatic nitrogens is 4. The molecular formula is C16H17N5O. The predicted molar refractivity (Wildman–Crippen MR) is 84.2 cm³/mol. The van der Waals surface area contributed by atoms with Crippen molar-refractivity contribution in [2.75, 3.05) is 5.32 Å². The summed E-state index contributed by atoms with van der Waals surface area (Å²) >= 11 is 0. The summed E-state index contributed by atoms with van der Waals surface area (Å²) in [6.07, 6.45) is 1.67. The molecule has 0 amide bonds. The Morgan fingerprint density at radius 1 is 1.18 bits per heavy atom. The number of ether oxygens (including phenoxy) is 1. The predicted octanol–water partition coefficient (Wildman–Crippen LogP) is 3.14. The minimum Gasteiger partial charge on any atom is -0.483 e. The molecule has 0 spiro atoms. The number of aryl methyl sites for hydroxylation is 2. The number of benzene rings is 1. The Labute approximate surface area is 128 Å². The first-order valence-corrected chi connectivity index (χ1v) is 7.00. The van der Waals surface area contributed by atoms with Gasteiger partial charge in [0.1, 0.15) is 12.4 Å². The van der Waals surface area contributed by atoms with Crippen LogP contribution in [0.5, 0.6) is 5.75 Å². The fourth-order valence-electron chi connectivity index (χ4n) is 1.99. The van der Waals surface area contributed by atoms with Crippen LogP contribution in [0.3, 0.4) is 0 Å². The lowest BCUT2D eigenvalue weighted by Gasteiger charge is -2.11. The van der Waals surface area contributed by atoms with Gasteiger partial charge in [-0.1, -0.05) is 30.3 Å². The minimum atomic E-state index is 0.460. The van der Waals surface area contributed by atoms with Gasteiger partial charge < -0.3 is 10.1 Å². The fraction of sp³-hybridized carbons (Fsp3) is 0.188. The van der Waals surface area contributed by atoms with Crippen LogP contribution in [0.25, 0.3) is 0 Å². The van der Waals surface area contributed by atoms with Gasteiger partial charge in [0.25, 0.3) is 0 Å². The van der Waals surface area contributed by atoms with Crippen LogP contribution >= 0.6 is 0 Å². The molecule has 6 nitrogen and oxygen atoms in total. The summed E-state index contributed by atoms with van der Waals surface area (Å²) in [6, 6.07) is 11.9. The highest BCUT2D eigenvalue weighted by atomic mass is 16.5. The standard InChI is InChI=1S/C16H17N5O/c1-11-8-15(21-20-11)19-16-14(9-17-12(2)18-16)22-10-13-6-4-3-5-7-13/h3-9H,10H2,1-2H3,(H2,17,18,19,20,21). The zero-order chi connectivity index (χ0) is 15.4. The molecule has 0 bridgehead atoms. The summed E-state index contributed by atoms with van der Waals surface area (Å²) in [7, 11) is 0. The monoisotopic (exact) mass is 295 g/mol. The number of anilines is 2. The molecule has 2 aromatic heterocycles. The average Bonchev–Trinajstić information content (AvgIpc) is 2.93. The molecule has 22 heavy (non-hydrogen) atoms. The van der Waals surface area contributed by atoms with Crippen LogP contribution in [0.1, 0.15) is 17.1 Å². The van der Waals surface area contributed by atoms with Crippen LogP contribution in [0.4, 0.5) is 11.6 Å². The second kappa shape index (κ2) is 6.26. The summed E-state index contributed by atoms with van der Waals surface area (Å²) in [5.41, 5.74) is 2.06. The second-order valence-electron chi connectivity index (χ2n) is 4.97. The molecule has 0 saturated heterocycles. The van der Waals surface area contributed by atoms with Crippen LogP contribution in [0.2, 0.25) is 0 Å². The van der Waals surface area contributed by atoms with Crippen molar-refractivity contribution in [1.29, 1.82) is 0 Å². The van der Waals surface area contributed by atoms with Gasteiger partial charge in [-0.2, -0.15) is 5.10 Å². The van der Waals surface area contributed by atoms with Crippen LogP contribution in [-0.4, -0.2) is 20.2 Å². The Balaban J connectivity index is 1.78. The molecule has 0 aliphatic rings. The molecule has 1 aromatic carbocycles. The quantitative estimate of drug-likeness (QED) is 0.756. The van der Waals surface area contributed by atoms with Crippen LogP contribution < -0.4 is 10.1 Å². The van der Waals surface area contributed by atoms with Gasteiger partial charge in [-0.3, -0.25) is 5.10 Å². The van der Waals surface area contributed by atoms with Crippen molar-refractivity contribution in [1.82, 2.24) is 20.2 Å². The first kappa shape index (κ1) is 14.1. The van der Waals surface area contributed by atoms with Crippen LogP contribution in [0, 0.1) is 13.8 Å². The number of hydrogen-bond donors (Lipinski definition) is 2. The number of nitrogens with zero attached hydrogens (tertiary/aromatic N) is 3. The van der Waals surface area contributed by atoms with Crippen molar-refractivity contribution in [3.63, 3.8) is 0 Å². The van der Waals surface area contributed by atoms with Gasteiger partial charge in [0.05, 0.1) is 6.20 Å². The van der Waals surface area contributed by atoms with Crippen molar-refractivity contribution in [2.45, 2.75) is 20.5 Å². The zero-order valence-corrected chi connectivity index (χ0v) is 12.5. The third-order valence-electron chi connectivity index (χ3n) is 3.07. The molecular weight excluding hydrogens is 278 g/mol. The topological polar surface area (TPSA) is 75.7 Å². The van der Waals surface area contributed by atoms with Gasteiger partial charge >= 0.3 is 0 Å². The molecule has 0 fully saturated rings. The van der Waals surface area contributed by atoms with E-state index in [4.69, 9.17) is 4.74 Å². The van der Waals surface area contributed by atoms with Crippen molar-refractivity contribution in [2.24, 2.45) is 0 Å². The molecule has 2 N–H and O–H groups in total. The van der Waals surface area contributed by atoms with E-state index in [0.29, 0.717) is 29.8 Å². The molecule has 112 valence electrons. The Bertz CT molecular complexity index is 754. The molecule has 2 heterocycles. The van der Waals surface area contributed by atoms with E-state index in [2.05, 4.69) is 25.5 Å². The van der Waals surface area contributed by atoms with E-state index in [1.807, 2.05) is 50.2 Å². The molecule has 3 aromatic rings. The van der Waals surface area contributed by atoms with E-state index < -0.39 is 0 Å². The van der Waals surface area contributed by atoms with E-state index in [1.54, 1.807) is 6.20 Å². The maximum absolute atomic E-state index is 5.83. The van der Waals surface area contributed by atoms with Gasteiger partial charge in [0, 0.05) is 11.8 Å². The summed E-state index contributed by atoms with van der Waals surface area (Å²) in [5.74, 6) is 2.56. The van der Waals surface area contributed by atoms with E-state index in [-0.39, 0.29) is 0 Å². The van der Waals surface area contributed by atoms with E-state index in [9.17, 15) is 0 Å². The number of hydrogen-bond acceptors (Lipinski definition) is 5. The first-order valence-electron chi connectivity index (χ1n) is 7.00. The Morgan fingerprint density at radius 2 is 2.00 bits per heavy atom. The van der Waals surface area contributed by atoms with Crippen LogP contribution in [0.15, 0.2) is 42.6 Å². The van der Waals surface area contributed by atoms with Crippen molar-refractivity contribution in [3.8, 4) is 5.75 Å². The number of rotatable bonds is 5. The lowest BCUT2D eigenvalue weighted by Crippen LogP contribution is -2.03. The third-order valence-corrected chi connectivity index (χ3v) is 3.07. The molecule has 0 aliphatic heterocycles. The molecule has 0 unspecified atom stereocenters. The van der Waals surface area contributed by atoms with E-state index in [0.717, 1.165) is 11.3 Å². The maximum atomic E-state index is 5.83. The summed E-state index contributed by atoms with van der Waals surface area (Å²) < 4.78 is 5.83. The number of H-pyrrole nitrogens is 1. The van der Waals surface area contributed by atoms with Gasteiger partial charge in [-0.25, -0.2) is 9.97 Å². The molecule has 0 radical (unpaired) electrons. The Morgan fingerprint density at radius 3 is 2.73 bits per heavy atom. The highest BCUT2D eigenvalue weighted by molar-refractivity contribution is 5.58. The lowest BCUT2D eigenvalue weighted by atomic mass is 10.2. The van der Waals surface area contributed by atoms with E-state index >= 15 is 0 Å². The fourth-order valence-corrected chi connectivity index (χ4v) is 1.99. The maximum Gasteiger partial charge on any atom is 0.180 e. The molecule has 6 heteroatoms. The normalized spacial score (nSPS) is 10.5. The van der Waals surface area contributed by atoms with Crippen molar-refractivity contribution >= 4 is 11.6 Å². The largest absolute Gasteiger partial charge is 0.483 e. The molecule has 3 rings (SSSR count).